The maximum Gasteiger partial charge on any atom is 0.322 e. The van der Waals surface area contributed by atoms with E-state index in [1.54, 1.807) is 6.20 Å². The Kier molecular flexibility index (Phi) is 9.44. The SMILES string of the molecule is C=C.C=CC(N)=O.Cc1ccnc(Oc2ccc(-c3c(-c4ccc5c(c4)CCCC5)n(C)c4ncnc(N)c34)cc2)n1. The van der Waals surface area contributed by atoms with Gasteiger partial charge in [0.1, 0.15) is 23.5 Å². The number of benzene rings is 2. The van der Waals surface area contributed by atoms with Gasteiger partial charge in [0.15, 0.2) is 0 Å². The summed E-state index contributed by atoms with van der Waals surface area (Å²) in [5.41, 5.74) is 19.8. The first kappa shape index (κ1) is 29.7. The summed E-state index contributed by atoms with van der Waals surface area (Å²) in [4.78, 5) is 26.9. The summed E-state index contributed by atoms with van der Waals surface area (Å²) in [5, 5.41) is 0.860. The molecule has 0 bridgehead atoms. The fourth-order valence-electron chi connectivity index (χ4n) is 5.05. The molecule has 0 aliphatic heterocycles. The highest BCUT2D eigenvalue weighted by molar-refractivity contribution is 6.07. The molecule has 1 aliphatic carbocycles. The first-order valence-corrected chi connectivity index (χ1v) is 13.6. The Hall–Kier alpha value is -5.31. The van der Waals surface area contributed by atoms with E-state index in [0.29, 0.717) is 17.6 Å². The number of nitrogens with zero attached hydrogens (tertiary/aromatic N) is 5. The molecule has 6 rings (SSSR count). The van der Waals surface area contributed by atoms with Gasteiger partial charge < -0.3 is 20.8 Å². The standard InChI is InChI=1S/C28H26N6O.C3H5NO.C2H4/c1-17-13-14-30-28(33-17)35-22-11-9-19(10-12-22)23-24-26(29)31-16-32-27(24)34(2)25(23)21-8-7-18-5-3-4-6-20(18)15-21;1-2-3(4)5;1-2/h7-16H,3-6H2,1-2H3,(H2,29,31,32);2H,1H2,(H2,4,5);1-2H2. The van der Waals surface area contributed by atoms with Gasteiger partial charge in [0.2, 0.25) is 5.91 Å². The van der Waals surface area contributed by atoms with E-state index >= 15 is 0 Å². The number of nitrogens with two attached hydrogens (primary N) is 2. The largest absolute Gasteiger partial charge is 0.424 e. The van der Waals surface area contributed by atoms with Crippen molar-refractivity contribution in [2.24, 2.45) is 12.8 Å². The molecule has 42 heavy (non-hydrogen) atoms. The van der Waals surface area contributed by atoms with Crippen LogP contribution in [0.15, 0.2) is 86.9 Å². The van der Waals surface area contributed by atoms with Gasteiger partial charge in [-0.05, 0) is 85.2 Å². The number of aromatic nitrogens is 5. The van der Waals surface area contributed by atoms with Gasteiger partial charge in [-0.2, -0.15) is 0 Å². The molecule has 5 aromatic rings. The molecule has 9 nitrogen and oxygen atoms in total. The number of hydrogen-bond donors (Lipinski definition) is 2. The Labute approximate surface area is 245 Å². The molecule has 1 aliphatic rings. The molecule has 3 aromatic heterocycles. The van der Waals surface area contributed by atoms with Crippen molar-refractivity contribution >= 4 is 22.8 Å². The third kappa shape index (κ3) is 6.36. The topological polar surface area (TPSA) is 135 Å². The maximum atomic E-state index is 9.47. The van der Waals surface area contributed by atoms with Crippen molar-refractivity contribution < 1.29 is 9.53 Å². The van der Waals surface area contributed by atoms with E-state index < -0.39 is 5.91 Å². The monoisotopic (exact) mass is 561 g/mol. The predicted octanol–water partition coefficient (Wildman–Crippen LogP) is 6.11. The lowest BCUT2D eigenvalue weighted by molar-refractivity contribution is -0.113. The Morgan fingerprint density at radius 2 is 1.64 bits per heavy atom. The van der Waals surface area contributed by atoms with Crippen LogP contribution in [0.1, 0.15) is 29.7 Å². The first-order chi connectivity index (χ1) is 20.4. The molecule has 9 heteroatoms. The number of rotatable bonds is 5. The number of carbonyl (C=O) groups is 1. The van der Waals surface area contributed by atoms with Gasteiger partial charge in [-0.25, -0.2) is 19.9 Å². The van der Waals surface area contributed by atoms with Gasteiger partial charge in [0, 0.05) is 24.5 Å². The number of amides is 1. The van der Waals surface area contributed by atoms with Crippen LogP contribution >= 0.6 is 0 Å². The molecule has 0 radical (unpaired) electrons. The number of fused-ring (bicyclic) bond motifs is 2. The minimum absolute atomic E-state index is 0.329. The lowest BCUT2D eigenvalue weighted by atomic mass is 9.89. The molecule has 3 heterocycles. The van der Waals surface area contributed by atoms with E-state index in [9.17, 15) is 4.79 Å². The number of hydrogen-bond acceptors (Lipinski definition) is 7. The quantitative estimate of drug-likeness (QED) is 0.195. The lowest BCUT2D eigenvalue weighted by Gasteiger charge is -2.17. The van der Waals surface area contributed by atoms with Crippen LogP contribution in [0.25, 0.3) is 33.4 Å². The highest BCUT2D eigenvalue weighted by atomic mass is 16.5. The fourth-order valence-corrected chi connectivity index (χ4v) is 5.05. The minimum atomic E-state index is -0.481. The fraction of sp³-hybridized carbons (Fsp3) is 0.182. The van der Waals surface area contributed by atoms with E-state index in [-0.39, 0.29) is 0 Å². The smallest absolute Gasteiger partial charge is 0.322 e. The van der Waals surface area contributed by atoms with Crippen LogP contribution in [-0.2, 0) is 24.7 Å². The molecular formula is C33H35N7O2. The number of ether oxygens (including phenoxy) is 1. The Balaban J connectivity index is 0.000000526. The first-order valence-electron chi connectivity index (χ1n) is 13.6. The second-order valence-corrected chi connectivity index (χ2v) is 9.64. The molecule has 0 unspecified atom stereocenters. The zero-order valence-corrected chi connectivity index (χ0v) is 24.0. The van der Waals surface area contributed by atoms with Gasteiger partial charge >= 0.3 is 6.01 Å². The molecule has 0 saturated heterocycles. The molecule has 0 fully saturated rings. The molecule has 214 valence electrons. The van der Waals surface area contributed by atoms with E-state index in [1.165, 1.54) is 30.3 Å². The zero-order chi connectivity index (χ0) is 30.2. The number of anilines is 1. The molecule has 0 saturated carbocycles. The van der Waals surface area contributed by atoms with E-state index in [0.717, 1.165) is 58.0 Å². The van der Waals surface area contributed by atoms with Crippen LogP contribution in [0.4, 0.5) is 5.82 Å². The molecule has 0 spiro atoms. The summed E-state index contributed by atoms with van der Waals surface area (Å²) >= 11 is 0. The van der Waals surface area contributed by atoms with Crippen molar-refractivity contribution in [3.63, 3.8) is 0 Å². The van der Waals surface area contributed by atoms with Crippen molar-refractivity contribution in [3.8, 4) is 34.1 Å². The van der Waals surface area contributed by atoms with Crippen molar-refractivity contribution in [2.75, 3.05) is 5.73 Å². The second kappa shape index (κ2) is 13.4. The van der Waals surface area contributed by atoms with Gasteiger partial charge in [-0.15, -0.1) is 13.2 Å². The van der Waals surface area contributed by atoms with Crippen molar-refractivity contribution in [2.45, 2.75) is 32.6 Å². The van der Waals surface area contributed by atoms with Crippen LogP contribution in [0.3, 0.4) is 0 Å². The number of aryl methyl sites for hydroxylation is 4. The van der Waals surface area contributed by atoms with Crippen LogP contribution in [0.5, 0.6) is 11.8 Å². The molecule has 4 N–H and O–H groups in total. The summed E-state index contributed by atoms with van der Waals surface area (Å²) in [6.45, 7) is 11.0. The average molecular weight is 562 g/mol. The van der Waals surface area contributed by atoms with Crippen molar-refractivity contribution in [1.29, 1.82) is 0 Å². The zero-order valence-electron chi connectivity index (χ0n) is 24.0. The van der Waals surface area contributed by atoms with Crippen LogP contribution in [0, 0.1) is 6.92 Å². The summed E-state index contributed by atoms with van der Waals surface area (Å²) in [6, 6.07) is 16.9. The van der Waals surface area contributed by atoms with Gasteiger partial charge in [-0.1, -0.05) is 30.8 Å². The van der Waals surface area contributed by atoms with Gasteiger partial charge in [-0.3, -0.25) is 4.79 Å². The summed E-state index contributed by atoms with van der Waals surface area (Å²) in [6.07, 6.45) is 9.05. The van der Waals surface area contributed by atoms with Crippen LogP contribution < -0.4 is 16.2 Å². The van der Waals surface area contributed by atoms with E-state index in [1.807, 2.05) is 44.3 Å². The Morgan fingerprint density at radius 3 is 2.31 bits per heavy atom. The van der Waals surface area contributed by atoms with Gasteiger partial charge in [0.05, 0.1) is 11.1 Å². The predicted molar refractivity (Wildman–Crippen MR) is 168 cm³/mol. The Bertz CT molecular complexity index is 1730. The average Bonchev–Trinajstić information content (AvgIpc) is 3.32. The molecule has 0 atom stereocenters. The number of nitrogen functional groups attached to an aromatic ring is 1. The highest BCUT2D eigenvalue weighted by Gasteiger charge is 2.23. The highest BCUT2D eigenvalue weighted by Crippen LogP contribution is 2.42. The molecule has 1 amide bonds. The summed E-state index contributed by atoms with van der Waals surface area (Å²) < 4.78 is 7.99. The third-order valence-electron chi connectivity index (χ3n) is 6.94. The number of primary amides is 1. The second-order valence-electron chi connectivity index (χ2n) is 9.64. The third-order valence-corrected chi connectivity index (χ3v) is 6.94. The van der Waals surface area contributed by atoms with Crippen LogP contribution in [0.2, 0.25) is 0 Å². The van der Waals surface area contributed by atoms with Gasteiger partial charge in [0.25, 0.3) is 0 Å². The van der Waals surface area contributed by atoms with E-state index in [2.05, 4.69) is 68.2 Å². The van der Waals surface area contributed by atoms with Crippen molar-refractivity contribution in [1.82, 2.24) is 24.5 Å². The summed E-state index contributed by atoms with van der Waals surface area (Å²) in [5.74, 6) is 0.655. The minimum Gasteiger partial charge on any atom is -0.424 e. The molecular weight excluding hydrogens is 526 g/mol. The molecule has 2 aromatic carbocycles. The maximum absolute atomic E-state index is 9.47. The normalized spacial score (nSPS) is 11.8. The van der Waals surface area contributed by atoms with E-state index in [4.69, 9.17) is 10.5 Å². The van der Waals surface area contributed by atoms with Crippen LogP contribution in [-0.4, -0.2) is 30.4 Å². The van der Waals surface area contributed by atoms with Crippen molar-refractivity contribution in [3.05, 3.63) is 104 Å². The number of carbonyl (C=O) groups excluding carboxylic acids is 1. The summed E-state index contributed by atoms with van der Waals surface area (Å²) in [7, 11) is 2.04. The lowest BCUT2D eigenvalue weighted by Crippen LogP contribution is -2.04. The Morgan fingerprint density at radius 1 is 0.976 bits per heavy atom.